The van der Waals surface area contributed by atoms with E-state index in [1.807, 2.05) is 0 Å². The zero-order valence-corrected chi connectivity index (χ0v) is 10.9. The Bertz CT molecular complexity index is 776. The smallest absolute Gasteiger partial charge is 0.352 e. The number of rotatable bonds is 2. The van der Waals surface area contributed by atoms with Gasteiger partial charge in [0.15, 0.2) is 5.82 Å². The Morgan fingerprint density at radius 1 is 1.20 bits per heavy atom. The van der Waals surface area contributed by atoms with Gasteiger partial charge in [0.2, 0.25) is 0 Å². The van der Waals surface area contributed by atoms with Crippen molar-refractivity contribution in [2.45, 2.75) is 5.51 Å². The number of nitrogens with zero attached hydrogens (tertiary/aromatic N) is 1. The lowest BCUT2D eigenvalue weighted by molar-refractivity contribution is -0.0502. The Morgan fingerprint density at radius 3 is 2.45 bits per heavy atom. The normalized spacial score (nSPS) is 12.7. The van der Waals surface area contributed by atoms with E-state index in [-0.39, 0.29) is 15.8 Å². The quantitative estimate of drug-likeness (QED) is 0.482. The minimum Gasteiger partial charge on any atom is -0.352 e. The van der Waals surface area contributed by atoms with Gasteiger partial charge in [-0.25, -0.2) is 9.37 Å². The van der Waals surface area contributed by atoms with Crippen LogP contribution >= 0.6 is 11.6 Å². The summed E-state index contributed by atoms with van der Waals surface area (Å²) in [5, 5.41) is 0.0161. The van der Waals surface area contributed by atoms with E-state index in [2.05, 4.69) is 9.17 Å². The predicted octanol–water partition coefficient (Wildman–Crippen LogP) is 3.26. The molecule has 1 aromatic carbocycles. The minimum absolute atomic E-state index is 0.110. The van der Waals surface area contributed by atoms with Crippen molar-refractivity contribution in [3.05, 3.63) is 35.2 Å². The van der Waals surface area contributed by atoms with Crippen molar-refractivity contribution in [1.29, 1.82) is 0 Å². The average Bonchev–Trinajstić information content (AvgIpc) is 2.32. The highest BCUT2D eigenvalue weighted by Gasteiger charge is 2.49. The standard InChI is InChI=1S/C10H4ClF4NO3S/c11-7-3-1-2-5-6(7)4-16-9(8(5)12)19-20(17,18)10(13,14)15/h1-4H. The lowest BCUT2D eigenvalue weighted by Gasteiger charge is -2.10. The predicted molar refractivity (Wildman–Crippen MR) is 62.3 cm³/mol. The number of hydrogen-bond donors (Lipinski definition) is 0. The van der Waals surface area contributed by atoms with Gasteiger partial charge < -0.3 is 4.18 Å². The fourth-order valence-corrected chi connectivity index (χ4v) is 2.01. The molecule has 0 amide bonds. The SMILES string of the molecule is O=S(=O)(Oc1ncc2c(Cl)cccc2c1F)C(F)(F)F. The third kappa shape index (κ3) is 2.50. The van der Waals surface area contributed by atoms with Gasteiger partial charge in [-0.05, 0) is 6.07 Å². The van der Waals surface area contributed by atoms with E-state index in [4.69, 9.17) is 11.6 Å². The highest BCUT2D eigenvalue weighted by atomic mass is 35.5. The molecule has 0 atom stereocenters. The van der Waals surface area contributed by atoms with Gasteiger partial charge in [0.05, 0.1) is 5.02 Å². The summed E-state index contributed by atoms with van der Waals surface area (Å²) in [6.45, 7) is 0. The molecule has 0 aliphatic heterocycles. The van der Waals surface area contributed by atoms with Gasteiger partial charge in [0.1, 0.15) is 0 Å². The first kappa shape index (κ1) is 14.8. The zero-order valence-electron chi connectivity index (χ0n) is 9.28. The van der Waals surface area contributed by atoms with Crippen LogP contribution in [0.25, 0.3) is 10.8 Å². The van der Waals surface area contributed by atoms with Crippen molar-refractivity contribution in [3.63, 3.8) is 0 Å². The summed E-state index contributed by atoms with van der Waals surface area (Å²) in [7, 11) is -5.99. The Labute approximate surface area is 115 Å². The van der Waals surface area contributed by atoms with Gasteiger partial charge >= 0.3 is 15.6 Å². The molecule has 2 aromatic rings. The highest BCUT2D eigenvalue weighted by molar-refractivity contribution is 7.87. The van der Waals surface area contributed by atoms with E-state index < -0.39 is 27.3 Å². The van der Waals surface area contributed by atoms with E-state index in [0.29, 0.717) is 0 Å². The molecule has 0 bridgehead atoms. The van der Waals surface area contributed by atoms with Crippen LogP contribution in [0.3, 0.4) is 0 Å². The van der Waals surface area contributed by atoms with Crippen molar-refractivity contribution in [3.8, 4) is 5.88 Å². The van der Waals surface area contributed by atoms with E-state index >= 15 is 0 Å². The second-order valence-corrected chi connectivity index (χ2v) is 5.51. The van der Waals surface area contributed by atoms with Gasteiger partial charge in [-0.15, -0.1) is 0 Å². The molecule has 0 saturated heterocycles. The first-order valence-electron chi connectivity index (χ1n) is 4.87. The van der Waals surface area contributed by atoms with Crippen LogP contribution in [0.1, 0.15) is 0 Å². The third-order valence-electron chi connectivity index (χ3n) is 2.26. The van der Waals surface area contributed by atoms with Crippen LogP contribution in [0.5, 0.6) is 5.88 Å². The molecular weight excluding hydrogens is 326 g/mol. The molecule has 0 aliphatic carbocycles. The molecule has 108 valence electrons. The molecule has 0 aliphatic rings. The number of benzene rings is 1. The first-order valence-corrected chi connectivity index (χ1v) is 6.65. The molecule has 0 unspecified atom stereocenters. The first-order chi connectivity index (χ1) is 9.13. The number of hydrogen-bond acceptors (Lipinski definition) is 4. The molecular formula is C10H4ClF4NO3S. The number of alkyl halides is 3. The fraction of sp³-hybridized carbons (Fsp3) is 0.100. The Morgan fingerprint density at radius 2 is 1.85 bits per heavy atom. The summed E-state index contributed by atoms with van der Waals surface area (Å²) in [6, 6.07) is 3.96. The fourth-order valence-electron chi connectivity index (χ4n) is 1.36. The summed E-state index contributed by atoms with van der Waals surface area (Å²) in [4.78, 5) is 3.21. The summed E-state index contributed by atoms with van der Waals surface area (Å²) in [5.74, 6) is -2.64. The van der Waals surface area contributed by atoms with Crippen molar-refractivity contribution >= 4 is 32.5 Å². The molecule has 10 heteroatoms. The van der Waals surface area contributed by atoms with Crippen LogP contribution < -0.4 is 4.18 Å². The van der Waals surface area contributed by atoms with E-state index in [1.54, 1.807) is 0 Å². The molecule has 0 spiro atoms. The number of halogens is 5. The summed E-state index contributed by atoms with van der Waals surface area (Å²) in [5.41, 5.74) is -5.68. The van der Waals surface area contributed by atoms with Crippen molar-refractivity contribution in [1.82, 2.24) is 4.98 Å². The second kappa shape index (κ2) is 4.74. The zero-order chi connectivity index (χ0) is 15.1. The highest BCUT2D eigenvalue weighted by Crippen LogP contribution is 2.32. The van der Waals surface area contributed by atoms with Crippen molar-refractivity contribution in [2.75, 3.05) is 0 Å². The lowest BCUT2D eigenvalue weighted by Crippen LogP contribution is -2.28. The molecule has 1 heterocycles. The largest absolute Gasteiger partial charge is 0.534 e. The number of aromatic nitrogens is 1. The van der Waals surface area contributed by atoms with Crippen LogP contribution in [0, 0.1) is 5.82 Å². The van der Waals surface area contributed by atoms with Crippen LogP contribution in [0.4, 0.5) is 17.6 Å². The van der Waals surface area contributed by atoms with Crippen molar-refractivity contribution in [2.24, 2.45) is 0 Å². The van der Waals surface area contributed by atoms with Crippen LogP contribution in [-0.4, -0.2) is 18.9 Å². The van der Waals surface area contributed by atoms with E-state index in [9.17, 15) is 26.0 Å². The maximum absolute atomic E-state index is 13.9. The summed E-state index contributed by atoms with van der Waals surface area (Å²) < 4.78 is 75.6. The maximum Gasteiger partial charge on any atom is 0.534 e. The van der Waals surface area contributed by atoms with Crippen molar-refractivity contribution < 1.29 is 30.2 Å². The van der Waals surface area contributed by atoms with E-state index in [1.165, 1.54) is 18.2 Å². The molecule has 20 heavy (non-hydrogen) atoms. The molecule has 1 aromatic heterocycles. The number of pyridine rings is 1. The third-order valence-corrected chi connectivity index (χ3v) is 3.53. The lowest BCUT2D eigenvalue weighted by atomic mass is 10.2. The van der Waals surface area contributed by atoms with Crippen LogP contribution in [0.2, 0.25) is 5.02 Å². The van der Waals surface area contributed by atoms with Gasteiger partial charge in [0, 0.05) is 17.0 Å². The van der Waals surface area contributed by atoms with Crippen LogP contribution in [0.15, 0.2) is 24.4 Å². The molecule has 4 nitrogen and oxygen atoms in total. The van der Waals surface area contributed by atoms with Gasteiger partial charge in [-0.1, -0.05) is 23.7 Å². The Hall–Kier alpha value is -1.61. The maximum atomic E-state index is 13.9. The van der Waals surface area contributed by atoms with Crippen LogP contribution in [-0.2, 0) is 10.1 Å². The Kier molecular flexibility index (Phi) is 3.51. The Balaban J connectivity index is 2.56. The summed E-state index contributed by atoms with van der Waals surface area (Å²) in [6.07, 6.45) is 0.919. The van der Waals surface area contributed by atoms with Gasteiger partial charge in [-0.3, -0.25) is 0 Å². The average molecular weight is 330 g/mol. The molecule has 0 saturated carbocycles. The van der Waals surface area contributed by atoms with E-state index in [0.717, 1.165) is 6.20 Å². The molecule has 0 N–H and O–H groups in total. The summed E-state index contributed by atoms with van der Waals surface area (Å²) >= 11 is 5.74. The van der Waals surface area contributed by atoms with Gasteiger partial charge in [0.25, 0.3) is 5.88 Å². The minimum atomic E-state index is -5.99. The van der Waals surface area contributed by atoms with Gasteiger partial charge in [-0.2, -0.15) is 21.6 Å². The monoisotopic (exact) mass is 329 g/mol. The number of fused-ring (bicyclic) bond motifs is 1. The topological polar surface area (TPSA) is 56.3 Å². The molecule has 0 radical (unpaired) electrons. The molecule has 2 rings (SSSR count). The second-order valence-electron chi connectivity index (χ2n) is 3.56. The molecule has 0 fully saturated rings.